The number of hydrogen-bond donors (Lipinski definition) is 0. The van der Waals surface area contributed by atoms with Crippen molar-refractivity contribution in [2.45, 2.75) is 13.8 Å². The van der Waals surface area contributed by atoms with Crippen LogP contribution in [0.25, 0.3) is 27.6 Å². The fourth-order valence-electron chi connectivity index (χ4n) is 3.37. The summed E-state index contributed by atoms with van der Waals surface area (Å²) in [6, 6.07) is 14.6. The van der Waals surface area contributed by atoms with Crippen LogP contribution in [0.5, 0.6) is 0 Å². The summed E-state index contributed by atoms with van der Waals surface area (Å²) < 4.78 is 7.44. The normalized spacial score (nSPS) is 11.3. The van der Waals surface area contributed by atoms with Gasteiger partial charge in [0, 0.05) is 11.1 Å². The first-order valence-corrected chi connectivity index (χ1v) is 8.21. The molecule has 0 aliphatic carbocycles. The molecule has 0 saturated heterocycles. The highest BCUT2D eigenvalue weighted by atomic mass is 35.5. The molecule has 0 saturated carbocycles. The monoisotopic (exact) mass is 351 g/mol. The number of halogens is 1. The van der Waals surface area contributed by atoms with Crippen LogP contribution in [0, 0.1) is 6.92 Å². The molecule has 2 heterocycles. The molecular formula is C20H14ClNO3. The van der Waals surface area contributed by atoms with Gasteiger partial charge in [0.1, 0.15) is 0 Å². The molecule has 0 spiro atoms. The van der Waals surface area contributed by atoms with Gasteiger partial charge in [-0.1, -0.05) is 41.9 Å². The standard InChI is InChI=1S/C20H14ClNO3/c1-11-17(12(2)23)19-18(22(11)16-10-6-5-9-15(16)21)13-7-3-4-8-14(13)20(24)25-19/h3-10H,1-2H3. The molecule has 0 radical (unpaired) electrons. The molecule has 0 aliphatic rings. The van der Waals surface area contributed by atoms with Gasteiger partial charge in [-0.05, 0) is 32.0 Å². The molecule has 0 atom stereocenters. The van der Waals surface area contributed by atoms with Crippen molar-refractivity contribution >= 4 is 39.3 Å². The zero-order chi connectivity index (χ0) is 17.7. The fraction of sp³-hybridized carbons (Fsp3) is 0.100. The lowest BCUT2D eigenvalue weighted by Crippen LogP contribution is -2.02. The topological polar surface area (TPSA) is 52.2 Å². The second kappa shape index (κ2) is 5.60. The van der Waals surface area contributed by atoms with Crippen LogP contribution in [0.4, 0.5) is 0 Å². The predicted octanol–water partition coefficient (Wildman–Crippen LogP) is 4.90. The van der Waals surface area contributed by atoms with E-state index in [0.717, 1.165) is 11.1 Å². The number of carbonyl (C=O) groups is 1. The number of fused-ring (bicyclic) bond motifs is 3. The maximum atomic E-state index is 12.4. The molecule has 5 heteroatoms. The first kappa shape index (κ1) is 15.7. The van der Waals surface area contributed by atoms with E-state index in [1.807, 2.05) is 41.8 Å². The lowest BCUT2D eigenvalue weighted by molar-refractivity contribution is 0.101. The van der Waals surface area contributed by atoms with Gasteiger partial charge in [0.2, 0.25) is 0 Å². The lowest BCUT2D eigenvalue weighted by atomic mass is 10.1. The van der Waals surface area contributed by atoms with Crippen molar-refractivity contribution in [3.63, 3.8) is 0 Å². The van der Waals surface area contributed by atoms with E-state index >= 15 is 0 Å². The minimum atomic E-state index is -0.457. The average Bonchev–Trinajstić information content (AvgIpc) is 2.88. The van der Waals surface area contributed by atoms with Gasteiger partial charge < -0.3 is 8.98 Å². The van der Waals surface area contributed by atoms with Crippen LogP contribution >= 0.6 is 11.6 Å². The number of para-hydroxylation sites is 1. The molecule has 4 rings (SSSR count). The molecule has 4 nitrogen and oxygen atoms in total. The van der Waals surface area contributed by atoms with Crippen molar-refractivity contribution in [1.82, 2.24) is 4.57 Å². The number of Topliss-reactive ketones (excluding diaryl/α,β-unsaturated/α-hetero) is 1. The van der Waals surface area contributed by atoms with Crippen molar-refractivity contribution < 1.29 is 9.21 Å². The highest BCUT2D eigenvalue weighted by Crippen LogP contribution is 2.35. The van der Waals surface area contributed by atoms with Crippen LogP contribution in [-0.4, -0.2) is 10.4 Å². The van der Waals surface area contributed by atoms with Crippen LogP contribution in [-0.2, 0) is 0 Å². The third-order valence-electron chi connectivity index (χ3n) is 4.41. The summed E-state index contributed by atoms with van der Waals surface area (Å²) in [6.07, 6.45) is 0. The van der Waals surface area contributed by atoms with Gasteiger partial charge >= 0.3 is 5.63 Å². The number of hydrogen-bond acceptors (Lipinski definition) is 3. The molecule has 0 amide bonds. The first-order chi connectivity index (χ1) is 12.0. The van der Waals surface area contributed by atoms with E-state index in [0.29, 0.717) is 32.8 Å². The average molecular weight is 352 g/mol. The van der Waals surface area contributed by atoms with Crippen molar-refractivity contribution in [1.29, 1.82) is 0 Å². The van der Waals surface area contributed by atoms with Gasteiger partial charge in [-0.3, -0.25) is 4.79 Å². The Bertz CT molecular complexity index is 1220. The SMILES string of the molecule is CC(=O)c1c(C)n(-c2ccccc2Cl)c2c1oc(=O)c1ccccc12. The zero-order valence-electron chi connectivity index (χ0n) is 13.7. The van der Waals surface area contributed by atoms with Crippen molar-refractivity contribution in [3.05, 3.63) is 75.2 Å². The quantitative estimate of drug-likeness (QED) is 0.482. The minimum Gasteiger partial charge on any atom is -0.420 e. The van der Waals surface area contributed by atoms with Crippen molar-refractivity contribution in [2.24, 2.45) is 0 Å². The second-order valence-corrected chi connectivity index (χ2v) is 6.32. The van der Waals surface area contributed by atoms with Crippen LogP contribution in [0.3, 0.4) is 0 Å². The van der Waals surface area contributed by atoms with E-state index in [9.17, 15) is 9.59 Å². The Morgan fingerprint density at radius 1 is 1.04 bits per heavy atom. The van der Waals surface area contributed by atoms with Gasteiger partial charge in [-0.25, -0.2) is 4.79 Å². The molecule has 124 valence electrons. The Labute approximate surface area is 148 Å². The summed E-state index contributed by atoms with van der Waals surface area (Å²) in [5.74, 6) is -0.160. The van der Waals surface area contributed by atoms with E-state index in [4.69, 9.17) is 16.0 Å². The summed E-state index contributed by atoms with van der Waals surface area (Å²) in [5.41, 5.74) is 2.34. The summed E-state index contributed by atoms with van der Waals surface area (Å²) in [7, 11) is 0. The molecule has 0 bridgehead atoms. The smallest absolute Gasteiger partial charge is 0.344 e. The van der Waals surface area contributed by atoms with E-state index in [1.54, 1.807) is 18.2 Å². The largest absolute Gasteiger partial charge is 0.420 e. The van der Waals surface area contributed by atoms with Gasteiger partial charge in [0.15, 0.2) is 11.4 Å². The number of carbonyl (C=O) groups excluding carboxylic acids is 1. The van der Waals surface area contributed by atoms with Gasteiger partial charge in [0.05, 0.1) is 27.2 Å². The summed E-state index contributed by atoms with van der Waals surface area (Å²) >= 11 is 6.40. The highest BCUT2D eigenvalue weighted by Gasteiger charge is 2.24. The molecular weight excluding hydrogens is 338 g/mol. The molecule has 2 aromatic heterocycles. The minimum absolute atomic E-state index is 0.160. The maximum absolute atomic E-state index is 12.4. The van der Waals surface area contributed by atoms with E-state index in [2.05, 4.69) is 0 Å². The molecule has 25 heavy (non-hydrogen) atoms. The number of rotatable bonds is 2. The highest BCUT2D eigenvalue weighted by molar-refractivity contribution is 6.32. The van der Waals surface area contributed by atoms with Crippen molar-refractivity contribution in [2.75, 3.05) is 0 Å². The third-order valence-corrected chi connectivity index (χ3v) is 4.72. The zero-order valence-corrected chi connectivity index (χ0v) is 14.4. The molecule has 4 aromatic rings. The van der Waals surface area contributed by atoms with Gasteiger partial charge in [-0.2, -0.15) is 0 Å². The Kier molecular flexibility index (Phi) is 3.51. The fourth-order valence-corrected chi connectivity index (χ4v) is 3.59. The second-order valence-electron chi connectivity index (χ2n) is 5.92. The third kappa shape index (κ3) is 2.22. The summed E-state index contributed by atoms with van der Waals surface area (Å²) in [5, 5.41) is 1.74. The lowest BCUT2D eigenvalue weighted by Gasteiger charge is -2.11. The number of benzene rings is 2. The van der Waals surface area contributed by atoms with Crippen LogP contribution < -0.4 is 5.63 Å². The maximum Gasteiger partial charge on any atom is 0.344 e. The summed E-state index contributed by atoms with van der Waals surface area (Å²) in [4.78, 5) is 24.6. The van der Waals surface area contributed by atoms with E-state index < -0.39 is 5.63 Å². The Morgan fingerprint density at radius 2 is 1.68 bits per heavy atom. The molecule has 2 aromatic carbocycles. The molecule has 0 N–H and O–H groups in total. The Balaban J connectivity index is 2.33. The predicted molar refractivity (Wildman–Crippen MR) is 99.1 cm³/mol. The van der Waals surface area contributed by atoms with E-state index in [-0.39, 0.29) is 5.78 Å². The Hall–Kier alpha value is -2.85. The van der Waals surface area contributed by atoms with Crippen LogP contribution in [0.1, 0.15) is 23.0 Å². The van der Waals surface area contributed by atoms with Crippen LogP contribution in [0.15, 0.2) is 57.7 Å². The number of ketones is 1. The van der Waals surface area contributed by atoms with E-state index in [1.165, 1.54) is 6.92 Å². The number of aromatic nitrogens is 1. The summed E-state index contributed by atoms with van der Waals surface area (Å²) in [6.45, 7) is 3.29. The molecule has 0 unspecified atom stereocenters. The Morgan fingerprint density at radius 3 is 2.36 bits per heavy atom. The molecule has 0 aliphatic heterocycles. The molecule has 0 fully saturated rings. The first-order valence-electron chi connectivity index (χ1n) is 7.83. The van der Waals surface area contributed by atoms with Crippen molar-refractivity contribution in [3.8, 4) is 5.69 Å². The van der Waals surface area contributed by atoms with Crippen LogP contribution in [0.2, 0.25) is 5.02 Å². The van der Waals surface area contributed by atoms with Gasteiger partial charge in [0.25, 0.3) is 0 Å². The number of nitrogens with zero attached hydrogens (tertiary/aromatic N) is 1. The van der Waals surface area contributed by atoms with Gasteiger partial charge in [-0.15, -0.1) is 0 Å².